The van der Waals surface area contributed by atoms with Gasteiger partial charge in [-0.3, -0.25) is 0 Å². The van der Waals surface area contributed by atoms with Gasteiger partial charge in [0.2, 0.25) is 0 Å². The van der Waals surface area contributed by atoms with Crippen molar-refractivity contribution in [3.8, 4) is 0 Å². The smallest absolute Gasteiger partial charge is 0.0745 e. The number of aliphatic hydroxyl groups excluding tert-OH is 2. The van der Waals surface area contributed by atoms with Crippen molar-refractivity contribution in [2.24, 2.45) is 45.3 Å². The molecule has 0 aromatic heterocycles. The average molecular weight is 461 g/mol. The Morgan fingerprint density at radius 1 is 0.939 bits per heavy atom. The summed E-state index contributed by atoms with van der Waals surface area (Å²) in [6.45, 7) is 20.2. The van der Waals surface area contributed by atoms with Gasteiger partial charge >= 0.3 is 0 Å². The Morgan fingerprint density at radius 3 is 2.21 bits per heavy atom. The number of hydrogen-bond donors (Lipinski definition) is 3. The van der Waals surface area contributed by atoms with E-state index in [1.165, 1.54) is 32.1 Å². The van der Waals surface area contributed by atoms with E-state index in [-0.39, 0.29) is 16.9 Å². The second-order valence-corrected chi connectivity index (χ2v) is 14.4. The molecular formula is C30H52O3. The van der Waals surface area contributed by atoms with Crippen LogP contribution in [0.1, 0.15) is 113 Å². The molecule has 0 aromatic carbocycles. The molecule has 0 aromatic rings. The van der Waals surface area contributed by atoms with Crippen molar-refractivity contribution in [2.45, 2.75) is 130 Å². The molecule has 10 unspecified atom stereocenters. The van der Waals surface area contributed by atoms with Crippen molar-refractivity contribution < 1.29 is 15.3 Å². The van der Waals surface area contributed by atoms with E-state index in [1.807, 2.05) is 13.8 Å². The molecule has 33 heavy (non-hydrogen) atoms. The first-order valence-electron chi connectivity index (χ1n) is 13.8. The second kappa shape index (κ2) is 8.07. The Labute approximate surface area is 203 Å². The van der Waals surface area contributed by atoms with E-state index in [0.717, 1.165) is 24.8 Å². The van der Waals surface area contributed by atoms with Gasteiger partial charge < -0.3 is 15.3 Å². The van der Waals surface area contributed by atoms with Crippen molar-refractivity contribution in [1.82, 2.24) is 0 Å². The molecule has 0 saturated heterocycles. The van der Waals surface area contributed by atoms with E-state index in [2.05, 4.69) is 41.2 Å². The Hall–Kier alpha value is -0.380. The monoisotopic (exact) mass is 460 g/mol. The summed E-state index contributed by atoms with van der Waals surface area (Å²) in [5.74, 6) is 2.16. The summed E-state index contributed by atoms with van der Waals surface area (Å²) >= 11 is 0. The minimum atomic E-state index is -0.736. The summed E-state index contributed by atoms with van der Waals surface area (Å²) in [7, 11) is 0. The predicted octanol–water partition coefficient (Wildman–Crippen LogP) is 6.50. The molecule has 190 valence electrons. The van der Waals surface area contributed by atoms with Gasteiger partial charge in [0.1, 0.15) is 0 Å². The van der Waals surface area contributed by atoms with E-state index in [9.17, 15) is 15.3 Å². The van der Waals surface area contributed by atoms with Crippen LogP contribution >= 0.6 is 0 Å². The lowest BCUT2D eigenvalue weighted by Gasteiger charge is -2.70. The van der Waals surface area contributed by atoms with Gasteiger partial charge in [-0.1, -0.05) is 46.8 Å². The van der Waals surface area contributed by atoms with Crippen molar-refractivity contribution >= 4 is 0 Å². The van der Waals surface area contributed by atoms with Gasteiger partial charge in [0, 0.05) is 0 Å². The highest BCUT2D eigenvalue weighted by Gasteiger charge is 2.69. The molecule has 4 aliphatic carbocycles. The summed E-state index contributed by atoms with van der Waals surface area (Å²) in [5.41, 5.74) is 0.905. The van der Waals surface area contributed by atoms with Gasteiger partial charge in [0.25, 0.3) is 0 Å². The number of hydrogen-bond acceptors (Lipinski definition) is 3. The molecule has 0 spiro atoms. The first kappa shape index (κ1) is 25.7. The van der Waals surface area contributed by atoms with Crippen LogP contribution in [0.15, 0.2) is 12.2 Å². The Bertz CT molecular complexity index is 771. The topological polar surface area (TPSA) is 60.7 Å². The molecule has 4 fully saturated rings. The van der Waals surface area contributed by atoms with E-state index >= 15 is 0 Å². The van der Waals surface area contributed by atoms with E-state index < -0.39 is 11.7 Å². The predicted molar refractivity (Wildman–Crippen MR) is 136 cm³/mol. The fraction of sp³-hybridized carbons (Fsp3) is 0.933. The summed E-state index contributed by atoms with van der Waals surface area (Å²) in [5, 5.41) is 32.8. The van der Waals surface area contributed by atoms with E-state index in [0.29, 0.717) is 47.3 Å². The van der Waals surface area contributed by atoms with Crippen LogP contribution in [0.2, 0.25) is 0 Å². The molecule has 0 aliphatic heterocycles. The van der Waals surface area contributed by atoms with E-state index in [1.54, 1.807) is 0 Å². The third kappa shape index (κ3) is 3.61. The van der Waals surface area contributed by atoms with Gasteiger partial charge in [-0.05, 0) is 123 Å². The fourth-order valence-corrected chi connectivity index (χ4v) is 10.3. The lowest BCUT2D eigenvalue weighted by atomic mass is 9.35. The minimum absolute atomic E-state index is 0.00190. The Kier molecular flexibility index (Phi) is 6.28. The van der Waals surface area contributed by atoms with Crippen LogP contribution < -0.4 is 0 Å². The lowest BCUT2D eigenvalue weighted by molar-refractivity contribution is -0.225. The molecule has 3 nitrogen and oxygen atoms in total. The first-order valence-corrected chi connectivity index (χ1v) is 13.8. The van der Waals surface area contributed by atoms with Crippen LogP contribution in [0.25, 0.3) is 0 Å². The quantitative estimate of drug-likeness (QED) is 0.410. The Morgan fingerprint density at radius 2 is 1.58 bits per heavy atom. The van der Waals surface area contributed by atoms with Gasteiger partial charge in [-0.25, -0.2) is 0 Å². The molecular weight excluding hydrogens is 408 g/mol. The SMILES string of the molecule is C=C(C)C(O)CCC(C)(O)C1CCC2(C)C1CCC1C3(C)CCC(O)C(C)(C)C3CCC12C. The van der Waals surface area contributed by atoms with Gasteiger partial charge in [-0.2, -0.15) is 0 Å². The van der Waals surface area contributed by atoms with Crippen molar-refractivity contribution in [1.29, 1.82) is 0 Å². The molecule has 0 bridgehead atoms. The van der Waals surface area contributed by atoms with Crippen LogP contribution in [0.3, 0.4) is 0 Å². The van der Waals surface area contributed by atoms with Crippen LogP contribution in [0, 0.1) is 45.3 Å². The summed E-state index contributed by atoms with van der Waals surface area (Å²) in [4.78, 5) is 0. The standard InChI is InChI=1S/C30H52O3/c1-19(2)22(31)12-18-30(8,33)21-11-16-28(6)20(21)9-10-24-27(5)15-14-25(32)26(3,4)23(27)13-17-29(24,28)7/h20-25,31-33H,1,9-18H2,2-8H3. The molecule has 3 N–H and O–H groups in total. The maximum atomic E-state index is 11.6. The maximum Gasteiger partial charge on any atom is 0.0745 e. The number of aliphatic hydroxyl groups is 3. The molecule has 0 heterocycles. The fourth-order valence-electron chi connectivity index (χ4n) is 10.3. The van der Waals surface area contributed by atoms with Crippen LogP contribution in [0.5, 0.6) is 0 Å². The normalized spacial score (nSPS) is 49.3. The van der Waals surface area contributed by atoms with Gasteiger partial charge in [-0.15, -0.1) is 0 Å². The van der Waals surface area contributed by atoms with Gasteiger partial charge in [0.15, 0.2) is 0 Å². The van der Waals surface area contributed by atoms with Crippen molar-refractivity contribution in [3.05, 3.63) is 12.2 Å². The van der Waals surface area contributed by atoms with Crippen molar-refractivity contribution in [2.75, 3.05) is 0 Å². The highest BCUT2D eigenvalue weighted by atomic mass is 16.3. The Balaban J connectivity index is 1.59. The zero-order chi connectivity index (χ0) is 24.6. The van der Waals surface area contributed by atoms with Crippen LogP contribution in [-0.2, 0) is 0 Å². The largest absolute Gasteiger partial charge is 0.393 e. The third-order valence-electron chi connectivity index (χ3n) is 12.7. The molecule has 4 aliphatic rings. The molecule has 4 rings (SSSR count). The number of fused-ring (bicyclic) bond motifs is 5. The summed E-state index contributed by atoms with van der Waals surface area (Å²) in [6.07, 6.45) is 9.91. The highest BCUT2D eigenvalue weighted by molar-refractivity contribution is 5.18. The number of rotatable bonds is 5. The molecule has 0 radical (unpaired) electrons. The molecule has 3 heteroatoms. The highest BCUT2D eigenvalue weighted by Crippen LogP contribution is 2.75. The van der Waals surface area contributed by atoms with Crippen LogP contribution in [-0.4, -0.2) is 33.1 Å². The third-order valence-corrected chi connectivity index (χ3v) is 12.7. The molecule has 10 atom stereocenters. The minimum Gasteiger partial charge on any atom is -0.393 e. The second-order valence-electron chi connectivity index (χ2n) is 14.4. The molecule has 4 saturated carbocycles. The van der Waals surface area contributed by atoms with E-state index in [4.69, 9.17) is 0 Å². The average Bonchev–Trinajstić information content (AvgIpc) is 3.08. The van der Waals surface area contributed by atoms with Crippen molar-refractivity contribution in [3.63, 3.8) is 0 Å². The molecule has 0 amide bonds. The maximum absolute atomic E-state index is 11.6. The van der Waals surface area contributed by atoms with Gasteiger partial charge in [0.05, 0.1) is 17.8 Å². The zero-order valence-electron chi connectivity index (χ0n) is 22.6. The van der Waals surface area contributed by atoms with Crippen LogP contribution in [0.4, 0.5) is 0 Å². The summed E-state index contributed by atoms with van der Waals surface area (Å²) in [6, 6.07) is 0. The lowest BCUT2D eigenvalue weighted by Crippen LogP contribution is -2.64. The first-order chi connectivity index (χ1) is 15.1. The zero-order valence-corrected chi connectivity index (χ0v) is 22.6. The summed E-state index contributed by atoms with van der Waals surface area (Å²) < 4.78 is 0.